The summed E-state index contributed by atoms with van der Waals surface area (Å²) in [5.41, 5.74) is 1.89. The fourth-order valence-electron chi connectivity index (χ4n) is 3.86. The normalized spacial score (nSPS) is 28.9. The number of hydrogen-bond acceptors (Lipinski definition) is 4. The molecule has 0 unspecified atom stereocenters. The molecule has 0 spiro atoms. The van der Waals surface area contributed by atoms with Crippen molar-refractivity contribution in [2.75, 3.05) is 18.0 Å². The Labute approximate surface area is 150 Å². The summed E-state index contributed by atoms with van der Waals surface area (Å²) >= 11 is 0. The number of carbonyl (C=O) groups excluding carboxylic acids is 2. The molecule has 1 aliphatic heterocycles. The minimum Gasteiger partial charge on any atom is -0.442 e. The van der Waals surface area contributed by atoms with E-state index < -0.39 is 12.2 Å². The summed E-state index contributed by atoms with van der Waals surface area (Å²) < 4.78 is 19.8. The molecule has 4 rings (SSSR count). The van der Waals surface area contributed by atoms with Crippen LogP contribution >= 0.6 is 0 Å². The number of carbonyl (C=O) groups is 2. The van der Waals surface area contributed by atoms with Crippen molar-refractivity contribution in [3.8, 4) is 6.07 Å². The maximum absolute atomic E-state index is 14.6. The van der Waals surface area contributed by atoms with Gasteiger partial charge in [0.15, 0.2) is 0 Å². The van der Waals surface area contributed by atoms with E-state index in [0.29, 0.717) is 17.2 Å². The molecule has 0 bridgehead atoms. The first kappa shape index (κ1) is 16.6. The number of allylic oxidation sites excluding steroid dienone is 2. The lowest BCUT2D eigenvalue weighted by Gasteiger charge is -2.15. The molecule has 134 valence electrons. The lowest BCUT2D eigenvalue weighted by molar-refractivity contribution is -0.119. The summed E-state index contributed by atoms with van der Waals surface area (Å²) in [6.07, 6.45) is 1.72. The number of nitrogens with zero attached hydrogens (tertiary/aromatic N) is 2. The van der Waals surface area contributed by atoms with Crippen molar-refractivity contribution in [1.82, 2.24) is 5.32 Å². The molecule has 26 heavy (non-hydrogen) atoms. The van der Waals surface area contributed by atoms with Gasteiger partial charge in [0, 0.05) is 12.5 Å². The van der Waals surface area contributed by atoms with Gasteiger partial charge in [-0.1, -0.05) is 6.08 Å². The van der Waals surface area contributed by atoms with Gasteiger partial charge in [-0.25, -0.2) is 9.18 Å². The SMILES string of the molecule is CC(=O)NC[C@H]1CN(c2ccc(C3=C[C@@H]4[C@@H](C#N)[C@@H]4C3)c(F)c2)C(=O)O1. The van der Waals surface area contributed by atoms with Crippen molar-refractivity contribution in [3.63, 3.8) is 0 Å². The number of halogens is 1. The number of amides is 2. The van der Waals surface area contributed by atoms with Gasteiger partial charge in [0.1, 0.15) is 11.9 Å². The largest absolute Gasteiger partial charge is 0.442 e. The van der Waals surface area contributed by atoms with Gasteiger partial charge in [-0.15, -0.1) is 0 Å². The van der Waals surface area contributed by atoms with Crippen molar-refractivity contribution in [1.29, 1.82) is 5.26 Å². The Morgan fingerprint density at radius 2 is 2.31 bits per heavy atom. The van der Waals surface area contributed by atoms with Gasteiger partial charge in [0.2, 0.25) is 5.91 Å². The molecule has 4 atom stereocenters. The monoisotopic (exact) mass is 355 g/mol. The Morgan fingerprint density at radius 1 is 1.50 bits per heavy atom. The van der Waals surface area contributed by atoms with Gasteiger partial charge >= 0.3 is 6.09 Å². The van der Waals surface area contributed by atoms with Crippen LogP contribution in [0.3, 0.4) is 0 Å². The van der Waals surface area contributed by atoms with Crippen LogP contribution in [0.2, 0.25) is 0 Å². The van der Waals surface area contributed by atoms with E-state index in [4.69, 9.17) is 10.00 Å². The van der Waals surface area contributed by atoms with E-state index in [0.717, 1.165) is 12.0 Å². The van der Waals surface area contributed by atoms with Crippen LogP contribution in [0.4, 0.5) is 14.9 Å². The molecule has 1 aromatic carbocycles. The van der Waals surface area contributed by atoms with Crippen LogP contribution in [0.1, 0.15) is 18.9 Å². The smallest absolute Gasteiger partial charge is 0.414 e. The topological polar surface area (TPSA) is 82.4 Å². The van der Waals surface area contributed by atoms with Crippen LogP contribution in [0, 0.1) is 34.9 Å². The number of nitriles is 1. The third kappa shape index (κ3) is 2.81. The predicted molar refractivity (Wildman–Crippen MR) is 91.4 cm³/mol. The minimum absolute atomic E-state index is 0.0843. The zero-order valence-electron chi connectivity index (χ0n) is 14.2. The highest BCUT2D eigenvalue weighted by Gasteiger charge is 2.53. The maximum atomic E-state index is 14.6. The molecule has 0 radical (unpaired) electrons. The molecule has 1 heterocycles. The molecular formula is C19H18FN3O3. The molecule has 2 amide bonds. The molecule has 6 nitrogen and oxygen atoms in total. The highest BCUT2D eigenvalue weighted by molar-refractivity contribution is 5.90. The molecule has 7 heteroatoms. The van der Waals surface area contributed by atoms with Crippen LogP contribution < -0.4 is 10.2 Å². The van der Waals surface area contributed by atoms with E-state index in [1.54, 1.807) is 12.1 Å². The van der Waals surface area contributed by atoms with E-state index in [1.807, 2.05) is 6.08 Å². The Kier molecular flexibility index (Phi) is 3.91. The van der Waals surface area contributed by atoms with E-state index in [2.05, 4.69) is 11.4 Å². The minimum atomic E-state index is -0.550. The average molecular weight is 355 g/mol. The maximum Gasteiger partial charge on any atom is 0.414 e. The fourth-order valence-corrected chi connectivity index (χ4v) is 3.86. The summed E-state index contributed by atoms with van der Waals surface area (Å²) in [5, 5.41) is 11.6. The summed E-state index contributed by atoms with van der Waals surface area (Å²) in [6.45, 7) is 1.88. The van der Waals surface area contributed by atoms with Crippen LogP contribution in [-0.2, 0) is 9.53 Å². The molecular weight excluding hydrogens is 337 g/mol. The summed E-state index contributed by atoms with van der Waals surface area (Å²) in [7, 11) is 0. The Hall–Kier alpha value is -2.88. The number of fused-ring (bicyclic) bond motifs is 1. The molecule has 1 N–H and O–H groups in total. The molecule has 2 fully saturated rings. The second kappa shape index (κ2) is 6.13. The number of rotatable bonds is 4. The number of ether oxygens (including phenoxy) is 1. The zero-order chi connectivity index (χ0) is 18.4. The third-order valence-electron chi connectivity index (χ3n) is 5.29. The number of anilines is 1. The number of nitrogens with one attached hydrogen (secondary N) is 1. The number of cyclic esters (lactones) is 1. The van der Waals surface area contributed by atoms with E-state index >= 15 is 0 Å². The second-order valence-electron chi connectivity index (χ2n) is 7.01. The Balaban J connectivity index is 1.47. The lowest BCUT2D eigenvalue weighted by Crippen LogP contribution is -2.33. The number of benzene rings is 1. The first-order valence-corrected chi connectivity index (χ1v) is 8.60. The molecule has 1 saturated carbocycles. The van der Waals surface area contributed by atoms with Crippen LogP contribution in [-0.4, -0.2) is 31.2 Å². The van der Waals surface area contributed by atoms with Crippen molar-refractivity contribution < 1.29 is 18.7 Å². The average Bonchev–Trinajstić information content (AvgIpc) is 2.93. The van der Waals surface area contributed by atoms with Gasteiger partial charge in [-0.3, -0.25) is 9.69 Å². The van der Waals surface area contributed by atoms with E-state index in [1.165, 1.54) is 17.9 Å². The highest BCUT2D eigenvalue weighted by atomic mass is 19.1. The number of hydrogen-bond donors (Lipinski definition) is 1. The van der Waals surface area contributed by atoms with Gasteiger partial charge in [-0.05, 0) is 42.0 Å². The lowest BCUT2D eigenvalue weighted by atomic mass is 10.00. The summed E-state index contributed by atoms with van der Waals surface area (Å²) in [4.78, 5) is 24.4. The van der Waals surface area contributed by atoms with Crippen molar-refractivity contribution >= 4 is 23.3 Å². The molecule has 0 aromatic heterocycles. The standard InChI is InChI=1S/C19H18FN3O3/c1-10(24)22-8-13-9-23(19(25)26-13)12-2-3-14(18(20)6-12)11-4-15-16(5-11)17(15)7-21/h2-4,6,13,15-17H,5,8-9H2,1H3,(H,22,24)/t13-,15-,16+,17+/m0/s1. The van der Waals surface area contributed by atoms with Crippen LogP contribution in [0.5, 0.6) is 0 Å². The first-order valence-electron chi connectivity index (χ1n) is 8.60. The summed E-state index contributed by atoms with van der Waals surface area (Å²) in [6, 6.07) is 6.99. The van der Waals surface area contributed by atoms with Gasteiger partial charge in [0.25, 0.3) is 0 Å². The van der Waals surface area contributed by atoms with Gasteiger partial charge < -0.3 is 10.1 Å². The highest BCUT2D eigenvalue weighted by Crippen LogP contribution is 2.57. The zero-order valence-corrected chi connectivity index (χ0v) is 14.2. The fraction of sp³-hybridized carbons (Fsp3) is 0.421. The predicted octanol–water partition coefficient (Wildman–Crippen LogP) is 2.46. The first-order chi connectivity index (χ1) is 12.5. The van der Waals surface area contributed by atoms with Crippen molar-refractivity contribution in [2.24, 2.45) is 17.8 Å². The van der Waals surface area contributed by atoms with E-state index in [-0.39, 0.29) is 36.6 Å². The third-order valence-corrected chi connectivity index (χ3v) is 5.29. The quantitative estimate of drug-likeness (QED) is 0.899. The molecule has 3 aliphatic rings. The summed E-state index contributed by atoms with van der Waals surface area (Å²) in [5.74, 6) is 0.0911. The molecule has 1 aromatic rings. The Morgan fingerprint density at radius 3 is 2.92 bits per heavy atom. The van der Waals surface area contributed by atoms with E-state index in [9.17, 15) is 14.0 Å². The van der Waals surface area contributed by atoms with Crippen molar-refractivity contribution in [2.45, 2.75) is 19.4 Å². The Bertz CT molecular complexity index is 860. The van der Waals surface area contributed by atoms with Gasteiger partial charge in [0.05, 0.1) is 30.8 Å². The van der Waals surface area contributed by atoms with Gasteiger partial charge in [-0.2, -0.15) is 5.26 Å². The molecule has 1 saturated heterocycles. The second-order valence-corrected chi connectivity index (χ2v) is 7.01. The molecule has 2 aliphatic carbocycles. The van der Waals surface area contributed by atoms with Crippen molar-refractivity contribution in [3.05, 3.63) is 35.7 Å². The van der Waals surface area contributed by atoms with Crippen LogP contribution in [0.15, 0.2) is 24.3 Å². The van der Waals surface area contributed by atoms with Crippen LogP contribution in [0.25, 0.3) is 5.57 Å².